The number of aliphatic hydroxyl groups excluding tert-OH is 1. The Morgan fingerprint density at radius 1 is 1.28 bits per heavy atom. The fourth-order valence-corrected chi connectivity index (χ4v) is 2.46. The van der Waals surface area contributed by atoms with Gasteiger partial charge in [-0.15, -0.1) is 0 Å². The summed E-state index contributed by atoms with van der Waals surface area (Å²) in [6.45, 7) is 7.43. The standard InChI is InChI=1S/C15H23NO2/c1-12-5-6-15(13(2)9-12)18-11-14(17)10-16-7-3-4-8-16/h5-6,9,14,17H,3-4,7-8,10-11H2,1-2H3. The summed E-state index contributed by atoms with van der Waals surface area (Å²) in [5.74, 6) is 0.876. The van der Waals surface area contributed by atoms with E-state index in [1.165, 1.54) is 18.4 Å². The van der Waals surface area contributed by atoms with Crippen molar-refractivity contribution in [1.29, 1.82) is 0 Å². The molecule has 100 valence electrons. The molecule has 1 aromatic carbocycles. The van der Waals surface area contributed by atoms with Gasteiger partial charge in [0.2, 0.25) is 0 Å². The molecule has 1 atom stereocenters. The molecule has 0 radical (unpaired) electrons. The second-order valence-electron chi connectivity index (χ2n) is 5.24. The van der Waals surface area contributed by atoms with E-state index in [1.54, 1.807) is 0 Å². The average Bonchev–Trinajstić information content (AvgIpc) is 2.80. The Morgan fingerprint density at radius 2 is 2.00 bits per heavy atom. The number of β-amino-alcohol motifs (C(OH)–C–C–N with tert-alkyl or cyclic N) is 1. The van der Waals surface area contributed by atoms with Crippen LogP contribution in [0.3, 0.4) is 0 Å². The highest BCUT2D eigenvalue weighted by atomic mass is 16.5. The molecule has 3 heteroatoms. The van der Waals surface area contributed by atoms with E-state index in [0.29, 0.717) is 6.61 Å². The van der Waals surface area contributed by atoms with Crippen molar-refractivity contribution >= 4 is 0 Å². The first kappa shape index (κ1) is 13.4. The molecular formula is C15H23NO2. The minimum atomic E-state index is -0.399. The SMILES string of the molecule is Cc1ccc(OCC(O)CN2CCCC2)c(C)c1. The molecule has 0 spiro atoms. The van der Waals surface area contributed by atoms with Crippen molar-refractivity contribution in [2.45, 2.75) is 32.8 Å². The van der Waals surface area contributed by atoms with Crippen LogP contribution in [0.4, 0.5) is 0 Å². The van der Waals surface area contributed by atoms with E-state index in [9.17, 15) is 5.11 Å². The van der Waals surface area contributed by atoms with Gasteiger partial charge in [0, 0.05) is 6.54 Å². The van der Waals surface area contributed by atoms with Gasteiger partial charge in [0.25, 0.3) is 0 Å². The van der Waals surface area contributed by atoms with Gasteiger partial charge >= 0.3 is 0 Å². The highest BCUT2D eigenvalue weighted by Gasteiger charge is 2.16. The summed E-state index contributed by atoms with van der Waals surface area (Å²) < 4.78 is 5.69. The fraction of sp³-hybridized carbons (Fsp3) is 0.600. The Hall–Kier alpha value is -1.06. The second kappa shape index (κ2) is 6.21. The van der Waals surface area contributed by atoms with Crippen LogP contribution in [0.5, 0.6) is 5.75 Å². The second-order valence-corrected chi connectivity index (χ2v) is 5.24. The number of hydrogen-bond acceptors (Lipinski definition) is 3. The average molecular weight is 249 g/mol. The molecule has 1 heterocycles. The van der Waals surface area contributed by atoms with Crippen LogP contribution in [0.25, 0.3) is 0 Å². The van der Waals surface area contributed by atoms with Crippen LogP contribution in [-0.2, 0) is 0 Å². The minimum Gasteiger partial charge on any atom is -0.491 e. The molecule has 1 aliphatic heterocycles. The van der Waals surface area contributed by atoms with E-state index in [2.05, 4.69) is 17.9 Å². The monoisotopic (exact) mass is 249 g/mol. The molecule has 1 unspecified atom stereocenters. The number of benzene rings is 1. The van der Waals surface area contributed by atoms with Crippen LogP contribution in [0, 0.1) is 13.8 Å². The van der Waals surface area contributed by atoms with E-state index >= 15 is 0 Å². The zero-order valence-corrected chi connectivity index (χ0v) is 11.4. The lowest BCUT2D eigenvalue weighted by atomic mass is 10.1. The Kier molecular flexibility index (Phi) is 4.61. The minimum absolute atomic E-state index is 0.375. The molecule has 0 amide bonds. The van der Waals surface area contributed by atoms with Crippen LogP contribution in [0.15, 0.2) is 18.2 Å². The van der Waals surface area contributed by atoms with Crippen molar-refractivity contribution in [2.24, 2.45) is 0 Å². The molecule has 0 saturated carbocycles. The van der Waals surface area contributed by atoms with Crippen molar-refractivity contribution in [1.82, 2.24) is 4.90 Å². The summed E-state index contributed by atoms with van der Waals surface area (Å²) in [4.78, 5) is 2.30. The number of hydrogen-bond donors (Lipinski definition) is 1. The van der Waals surface area contributed by atoms with Crippen LogP contribution in [-0.4, -0.2) is 42.4 Å². The molecule has 0 bridgehead atoms. The summed E-state index contributed by atoms with van der Waals surface area (Å²) in [5.41, 5.74) is 2.36. The third kappa shape index (κ3) is 3.72. The third-order valence-electron chi connectivity index (χ3n) is 3.43. The van der Waals surface area contributed by atoms with Gasteiger partial charge in [0.05, 0.1) is 0 Å². The number of aryl methyl sites for hydroxylation is 2. The van der Waals surface area contributed by atoms with Crippen molar-refractivity contribution < 1.29 is 9.84 Å². The Balaban J connectivity index is 1.79. The lowest BCUT2D eigenvalue weighted by Crippen LogP contribution is -2.33. The quantitative estimate of drug-likeness (QED) is 0.868. The number of nitrogens with zero attached hydrogens (tertiary/aromatic N) is 1. The number of aliphatic hydroxyl groups is 1. The Morgan fingerprint density at radius 3 is 2.67 bits per heavy atom. The first-order valence-corrected chi connectivity index (χ1v) is 6.75. The van der Waals surface area contributed by atoms with Gasteiger partial charge in [0.1, 0.15) is 18.5 Å². The molecule has 3 nitrogen and oxygen atoms in total. The van der Waals surface area contributed by atoms with Gasteiger partial charge in [-0.2, -0.15) is 0 Å². The molecule has 0 aromatic heterocycles. The maximum absolute atomic E-state index is 9.95. The summed E-state index contributed by atoms with van der Waals surface area (Å²) in [6, 6.07) is 6.12. The van der Waals surface area contributed by atoms with E-state index in [4.69, 9.17) is 4.74 Å². The van der Waals surface area contributed by atoms with E-state index < -0.39 is 6.10 Å². The van der Waals surface area contributed by atoms with E-state index in [0.717, 1.165) is 30.9 Å². The molecule has 1 aliphatic rings. The smallest absolute Gasteiger partial charge is 0.122 e. The summed E-state index contributed by atoms with van der Waals surface area (Å²) >= 11 is 0. The van der Waals surface area contributed by atoms with Gasteiger partial charge in [-0.1, -0.05) is 17.7 Å². The van der Waals surface area contributed by atoms with E-state index in [1.807, 2.05) is 19.1 Å². The molecule has 1 saturated heterocycles. The molecule has 1 N–H and O–H groups in total. The zero-order valence-electron chi connectivity index (χ0n) is 11.4. The highest BCUT2D eigenvalue weighted by molar-refractivity contribution is 5.35. The van der Waals surface area contributed by atoms with Crippen molar-refractivity contribution in [3.63, 3.8) is 0 Å². The highest BCUT2D eigenvalue weighted by Crippen LogP contribution is 2.19. The van der Waals surface area contributed by atoms with Crippen LogP contribution >= 0.6 is 0 Å². The zero-order chi connectivity index (χ0) is 13.0. The summed E-state index contributed by atoms with van der Waals surface area (Å²) in [7, 11) is 0. The van der Waals surface area contributed by atoms with Crippen LogP contribution < -0.4 is 4.74 Å². The molecule has 1 aromatic rings. The van der Waals surface area contributed by atoms with Crippen LogP contribution in [0.1, 0.15) is 24.0 Å². The maximum atomic E-state index is 9.95. The normalized spacial score (nSPS) is 17.9. The molecule has 18 heavy (non-hydrogen) atoms. The van der Waals surface area contributed by atoms with Crippen LogP contribution in [0.2, 0.25) is 0 Å². The lowest BCUT2D eigenvalue weighted by molar-refractivity contribution is 0.0756. The topological polar surface area (TPSA) is 32.7 Å². The van der Waals surface area contributed by atoms with Gasteiger partial charge in [-0.25, -0.2) is 0 Å². The maximum Gasteiger partial charge on any atom is 0.122 e. The number of ether oxygens (including phenoxy) is 1. The lowest BCUT2D eigenvalue weighted by Gasteiger charge is -2.20. The predicted molar refractivity (Wildman–Crippen MR) is 73.1 cm³/mol. The fourth-order valence-electron chi connectivity index (χ4n) is 2.46. The summed E-state index contributed by atoms with van der Waals surface area (Å²) in [5, 5.41) is 9.95. The van der Waals surface area contributed by atoms with Crippen molar-refractivity contribution in [3.8, 4) is 5.75 Å². The largest absolute Gasteiger partial charge is 0.491 e. The molecule has 2 rings (SSSR count). The predicted octanol–water partition coefficient (Wildman–Crippen LogP) is 2.14. The molecule has 0 aliphatic carbocycles. The summed E-state index contributed by atoms with van der Waals surface area (Å²) in [6.07, 6.45) is 2.11. The van der Waals surface area contributed by atoms with Gasteiger partial charge in [-0.3, -0.25) is 0 Å². The third-order valence-corrected chi connectivity index (χ3v) is 3.43. The van der Waals surface area contributed by atoms with Gasteiger partial charge in [0.15, 0.2) is 0 Å². The van der Waals surface area contributed by atoms with Gasteiger partial charge < -0.3 is 14.7 Å². The Labute approximate surface area is 109 Å². The van der Waals surface area contributed by atoms with Crippen molar-refractivity contribution in [2.75, 3.05) is 26.2 Å². The van der Waals surface area contributed by atoms with Gasteiger partial charge in [-0.05, 0) is 51.4 Å². The first-order valence-electron chi connectivity index (χ1n) is 6.75. The first-order chi connectivity index (χ1) is 8.65. The number of likely N-dealkylation sites (tertiary alicyclic amines) is 1. The van der Waals surface area contributed by atoms with E-state index in [-0.39, 0.29) is 0 Å². The van der Waals surface area contributed by atoms with Crippen molar-refractivity contribution in [3.05, 3.63) is 29.3 Å². The molecular weight excluding hydrogens is 226 g/mol. The Bertz CT molecular complexity index is 386. The molecule has 1 fully saturated rings. The number of rotatable bonds is 5.